The predicted molar refractivity (Wildman–Crippen MR) is 98.9 cm³/mol. The smallest absolute Gasteiger partial charge is 0.339 e. The van der Waals surface area contributed by atoms with Crippen LogP contribution in [0.3, 0.4) is 0 Å². The summed E-state index contributed by atoms with van der Waals surface area (Å²) in [7, 11) is 0. The van der Waals surface area contributed by atoms with Crippen LogP contribution in [0.2, 0.25) is 0 Å². The molecular weight excluding hydrogens is 366 g/mol. The van der Waals surface area contributed by atoms with E-state index in [0.29, 0.717) is 12.0 Å². The molecule has 5 nitrogen and oxygen atoms in total. The first-order chi connectivity index (χ1) is 13.4. The Morgan fingerprint density at radius 1 is 1.21 bits per heavy atom. The molecule has 0 saturated carbocycles. The Hall–Kier alpha value is -3.22. The van der Waals surface area contributed by atoms with Crippen molar-refractivity contribution in [2.75, 3.05) is 6.54 Å². The fourth-order valence-electron chi connectivity index (χ4n) is 3.55. The molecule has 0 radical (unpaired) electrons. The van der Waals surface area contributed by atoms with Gasteiger partial charge >= 0.3 is 5.97 Å². The van der Waals surface area contributed by atoms with Crippen LogP contribution < -0.4 is 5.32 Å². The summed E-state index contributed by atoms with van der Waals surface area (Å²) in [6, 6.07) is 8.28. The Balaban J connectivity index is 1.45. The maximum absolute atomic E-state index is 13.5. The number of carbonyl (C=O) groups is 2. The van der Waals surface area contributed by atoms with Gasteiger partial charge in [0.2, 0.25) is 0 Å². The number of H-pyrrole nitrogens is 1. The first-order valence-electron chi connectivity index (χ1n) is 8.91. The molecule has 28 heavy (non-hydrogen) atoms. The van der Waals surface area contributed by atoms with E-state index in [1.807, 2.05) is 0 Å². The second-order valence-electron chi connectivity index (χ2n) is 7.11. The van der Waals surface area contributed by atoms with Crippen molar-refractivity contribution < 1.29 is 23.1 Å². The van der Waals surface area contributed by atoms with Crippen LogP contribution in [0.5, 0.6) is 0 Å². The quantitative estimate of drug-likeness (QED) is 0.678. The highest BCUT2D eigenvalue weighted by molar-refractivity contribution is 5.97. The molecule has 0 spiro atoms. The normalized spacial score (nSPS) is 18.6. The van der Waals surface area contributed by atoms with Crippen molar-refractivity contribution in [3.63, 3.8) is 0 Å². The van der Waals surface area contributed by atoms with Crippen LogP contribution in [0.25, 0.3) is 10.9 Å². The van der Waals surface area contributed by atoms with E-state index >= 15 is 0 Å². The second kappa shape index (κ2) is 6.74. The molecule has 0 saturated heterocycles. The van der Waals surface area contributed by atoms with Crippen molar-refractivity contribution in [1.82, 2.24) is 10.3 Å². The third-order valence-electron chi connectivity index (χ3n) is 5.02. The zero-order valence-corrected chi connectivity index (χ0v) is 15.1. The maximum atomic E-state index is 13.5. The summed E-state index contributed by atoms with van der Waals surface area (Å²) in [4.78, 5) is 27.9. The molecule has 7 heteroatoms. The van der Waals surface area contributed by atoms with E-state index in [4.69, 9.17) is 4.74 Å². The lowest BCUT2D eigenvalue weighted by molar-refractivity contribution is -0.139. The summed E-state index contributed by atoms with van der Waals surface area (Å²) in [6.45, 7) is 1.79. The Labute approximate surface area is 159 Å². The fourth-order valence-corrected chi connectivity index (χ4v) is 3.55. The van der Waals surface area contributed by atoms with Gasteiger partial charge in [0.05, 0.1) is 5.56 Å². The number of hydrogen-bond donors (Lipinski definition) is 2. The van der Waals surface area contributed by atoms with Gasteiger partial charge in [-0.3, -0.25) is 4.79 Å². The zero-order chi connectivity index (χ0) is 19.9. The van der Waals surface area contributed by atoms with Gasteiger partial charge < -0.3 is 15.0 Å². The number of halogens is 2. The monoisotopic (exact) mass is 384 g/mol. The topological polar surface area (TPSA) is 71.2 Å². The molecule has 1 aromatic heterocycles. The number of rotatable bonds is 4. The number of benzene rings is 2. The lowest BCUT2D eigenvalue weighted by Crippen LogP contribution is -2.52. The third kappa shape index (κ3) is 3.24. The van der Waals surface area contributed by atoms with Crippen LogP contribution in [0.15, 0.2) is 42.6 Å². The lowest BCUT2D eigenvalue weighted by Gasteiger charge is -2.33. The van der Waals surface area contributed by atoms with Crippen molar-refractivity contribution in [1.29, 1.82) is 0 Å². The number of aromatic nitrogens is 1. The molecule has 0 aliphatic carbocycles. The van der Waals surface area contributed by atoms with Gasteiger partial charge in [-0.05, 0) is 60.9 Å². The minimum atomic E-state index is -1.41. The van der Waals surface area contributed by atoms with E-state index in [2.05, 4.69) is 10.3 Å². The number of nitrogens with one attached hydrogen (secondary N) is 2. The van der Waals surface area contributed by atoms with Gasteiger partial charge in [-0.15, -0.1) is 0 Å². The average Bonchev–Trinajstić information content (AvgIpc) is 3.03. The molecule has 0 bridgehead atoms. The van der Waals surface area contributed by atoms with Crippen LogP contribution in [0.1, 0.15) is 28.4 Å². The second-order valence-corrected chi connectivity index (χ2v) is 7.11. The van der Waals surface area contributed by atoms with Crippen molar-refractivity contribution in [2.45, 2.75) is 25.4 Å². The molecule has 4 rings (SSSR count). The molecule has 1 aliphatic rings. The Bertz CT molecular complexity index is 1090. The Morgan fingerprint density at radius 3 is 2.79 bits per heavy atom. The third-order valence-corrected chi connectivity index (χ3v) is 5.02. The van der Waals surface area contributed by atoms with Crippen molar-refractivity contribution in [3.8, 4) is 0 Å². The molecule has 0 fully saturated rings. The summed E-state index contributed by atoms with van der Waals surface area (Å²) < 4.78 is 32.3. The van der Waals surface area contributed by atoms with E-state index in [9.17, 15) is 18.4 Å². The van der Waals surface area contributed by atoms with E-state index < -0.39 is 23.3 Å². The minimum absolute atomic E-state index is 0.0932. The predicted octanol–water partition coefficient (Wildman–Crippen LogP) is 3.28. The van der Waals surface area contributed by atoms with E-state index in [1.54, 1.807) is 12.3 Å². The molecule has 3 aromatic rings. The number of fused-ring (bicyclic) bond motifs is 2. The van der Waals surface area contributed by atoms with Crippen molar-refractivity contribution in [3.05, 3.63) is 70.9 Å². The SMILES string of the molecule is CC1(C(=O)NCCc2c[nH]c3ccc(F)cc23)Cc2cc(F)ccc2C(=O)O1. The van der Waals surface area contributed by atoms with E-state index in [-0.39, 0.29) is 24.3 Å². The summed E-state index contributed by atoms with van der Waals surface area (Å²) in [5.41, 5.74) is 0.987. The van der Waals surface area contributed by atoms with Gasteiger partial charge in [0.15, 0.2) is 5.60 Å². The number of aromatic amines is 1. The van der Waals surface area contributed by atoms with Crippen LogP contribution in [-0.4, -0.2) is 29.0 Å². The first kappa shape index (κ1) is 18.2. The van der Waals surface area contributed by atoms with Crippen LogP contribution in [0.4, 0.5) is 8.78 Å². The fraction of sp³-hybridized carbons (Fsp3) is 0.238. The molecule has 2 heterocycles. The largest absolute Gasteiger partial charge is 0.445 e. The molecule has 1 unspecified atom stereocenters. The maximum Gasteiger partial charge on any atom is 0.339 e. The number of amides is 1. The van der Waals surface area contributed by atoms with E-state index in [0.717, 1.165) is 16.5 Å². The number of ether oxygens (including phenoxy) is 1. The van der Waals surface area contributed by atoms with Crippen LogP contribution in [-0.2, 0) is 22.4 Å². The molecule has 144 valence electrons. The number of esters is 1. The van der Waals surface area contributed by atoms with Gasteiger partial charge in [0.1, 0.15) is 11.6 Å². The van der Waals surface area contributed by atoms with E-state index in [1.165, 1.54) is 37.3 Å². The molecule has 1 aliphatic heterocycles. The number of cyclic esters (lactones) is 1. The molecule has 1 atom stereocenters. The van der Waals surface area contributed by atoms with Crippen molar-refractivity contribution in [2.24, 2.45) is 0 Å². The molecule has 1 amide bonds. The van der Waals surface area contributed by atoms with Gasteiger partial charge in [-0.2, -0.15) is 0 Å². The standard InChI is InChI=1S/C21H18F2N2O3/c1-21(10-13-8-14(22)2-4-16(13)19(26)28-21)20(27)24-7-6-12-11-25-18-5-3-15(23)9-17(12)18/h2-5,8-9,11,25H,6-7,10H2,1H3,(H,24,27). The highest BCUT2D eigenvalue weighted by Crippen LogP contribution is 2.29. The Kier molecular flexibility index (Phi) is 4.37. The van der Waals surface area contributed by atoms with Gasteiger partial charge in [0, 0.05) is 30.1 Å². The lowest BCUT2D eigenvalue weighted by atomic mass is 9.89. The van der Waals surface area contributed by atoms with Crippen LogP contribution in [0, 0.1) is 11.6 Å². The van der Waals surface area contributed by atoms with Gasteiger partial charge in [0.25, 0.3) is 5.91 Å². The molecule has 2 N–H and O–H groups in total. The first-order valence-corrected chi connectivity index (χ1v) is 8.91. The Morgan fingerprint density at radius 2 is 1.96 bits per heavy atom. The van der Waals surface area contributed by atoms with Crippen LogP contribution >= 0.6 is 0 Å². The minimum Gasteiger partial charge on any atom is -0.445 e. The van der Waals surface area contributed by atoms with Gasteiger partial charge in [-0.25, -0.2) is 13.6 Å². The summed E-state index contributed by atoms with van der Waals surface area (Å²) in [5.74, 6) is -1.90. The zero-order valence-electron chi connectivity index (χ0n) is 15.1. The number of hydrogen-bond acceptors (Lipinski definition) is 3. The molecular formula is C21H18F2N2O3. The summed E-state index contributed by atoms with van der Waals surface area (Å²) in [6.07, 6.45) is 2.35. The summed E-state index contributed by atoms with van der Waals surface area (Å²) in [5, 5.41) is 3.52. The van der Waals surface area contributed by atoms with Crippen molar-refractivity contribution >= 4 is 22.8 Å². The summed E-state index contributed by atoms with van der Waals surface area (Å²) >= 11 is 0. The molecule has 2 aromatic carbocycles. The highest BCUT2D eigenvalue weighted by Gasteiger charge is 2.42. The number of carbonyl (C=O) groups excluding carboxylic acids is 2. The van der Waals surface area contributed by atoms with Gasteiger partial charge in [-0.1, -0.05) is 0 Å². The highest BCUT2D eigenvalue weighted by atomic mass is 19.1. The average molecular weight is 384 g/mol.